The van der Waals surface area contributed by atoms with Gasteiger partial charge in [-0.1, -0.05) is 30.3 Å². The molecular weight excluding hydrogens is 322 g/mol. The molecule has 0 aromatic heterocycles. The molecule has 7 heteroatoms. The van der Waals surface area contributed by atoms with E-state index in [1.807, 2.05) is 30.3 Å². The summed E-state index contributed by atoms with van der Waals surface area (Å²) in [6, 6.07) is 8.28. The van der Waals surface area contributed by atoms with E-state index in [2.05, 4.69) is 10.6 Å². The minimum atomic E-state index is -0.811. The lowest BCUT2D eigenvalue weighted by atomic mass is 9.70. The highest BCUT2D eigenvalue weighted by molar-refractivity contribution is 6.05. The maximum atomic E-state index is 12.4. The van der Waals surface area contributed by atoms with E-state index < -0.39 is 23.4 Å². The van der Waals surface area contributed by atoms with Gasteiger partial charge in [0.05, 0.1) is 11.8 Å². The number of amides is 4. The molecule has 7 nitrogen and oxygen atoms in total. The summed E-state index contributed by atoms with van der Waals surface area (Å²) in [4.78, 5) is 49.2. The number of carbonyl (C=O) groups excluding carboxylic acids is 4. The number of benzene rings is 1. The van der Waals surface area contributed by atoms with Gasteiger partial charge in [-0.25, -0.2) is 4.79 Å². The Hall–Kier alpha value is -2.70. The van der Waals surface area contributed by atoms with Gasteiger partial charge in [0.25, 0.3) is 5.91 Å². The summed E-state index contributed by atoms with van der Waals surface area (Å²) < 4.78 is 0. The van der Waals surface area contributed by atoms with Gasteiger partial charge in [0, 0.05) is 13.1 Å². The Kier molecular flexibility index (Phi) is 4.57. The van der Waals surface area contributed by atoms with Crippen LogP contribution >= 0.6 is 0 Å². The summed E-state index contributed by atoms with van der Waals surface area (Å²) in [5.41, 5.74) is 0.425. The van der Waals surface area contributed by atoms with E-state index in [1.165, 1.54) is 0 Å². The molecule has 132 valence electrons. The van der Waals surface area contributed by atoms with E-state index in [0.29, 0.717) is 25.9 Å². The zero-order valence-corrected chi connectivity index (χ0v) is 14.1. The minimum absolute atomic E-state index is 0.0595. The van der Waals surface area contributed by atoms with Crippen molar-refractivity contribution in [2.24, 2.45) is 0 Å². The van der Waals surface area contributed by atoms with Crippen LogP contribution < -0.4 is 10.6 Å². The molecule has 4 amide bonds. The smallest absolute Gasteiger partial charge is 0.322 e. The number of hydrogen-bond acceptors (Lipinski definition) is 4. The van der Waals surface area contributed by atoms with Crippen LogP contribution in [0.1, 0.15) is 31.7 Å². The van der Waals surface area contributed by atoms with E-state index in [1.54, 1.807) is 11.8 Å². The SMILES string of the molecule is CC(=O)C1(c2ccccc2)CCN(C(=O)CC2NC(=O)NC2=O)CC1. The van der Waals surface area contributed by atoms with Crippen LogP contribution in [0.4, 0.5) is 4.79 Å². The first-order valence-electron chi connectivity index (χ1n) is 8.38. The summed E-state index contributed by atoms with van der Waals surface area (Å²) in [6.45, 7) is 2.51. The van der Waals surface area contributed by atoms with Crippen molar-refractivity contribution in [3.05, 3.63) is 35.9 Å². The van der Waals surface area contributed by atoms with Gasteiger partial charge in [0.2, 0.25) is 5.91 Å². The van der Waals surface area contributed by atoms with Gasteiger partial charge in [-0.2, -0.15) is 0 Å². The maximum Gasteiger partial charge on any atom is 0.322 e. The number of urea groups is 1. The van der Waals surface area contributed by atoms with Gasteiger partial charge in [-0.05, 0) is 25.3 Å². The van der Waals surface area contributed by atoms with Crippen LogP contribution in [0, 0.1) is 0 Å². The van der Waals surface area contributed by atoms with Crippen LogP contribution in [0.25, 0.3) is 0 Å². The summed E-state index contributed by atoms with van der Waals surface area (Å²) in [7, 11) is 0. The van der Waals surface area contributed by atoms with Gasteiger partial charge in [-0.15, -0.1) is 0 Å². The maximum absolute atomic E-state index is 12.4. The normalized spacial score (nSPS) is 22.3. The van der Waals surface area contributed by atoms with E-state index in [4.69, 9.17) is 0 Å². The molecule has 0 bridgehead atoms. The molecular formula is C18H21N3O4. The lowest BCUT2D eigenvalue weighted by molar-refractivity contribution is -0.137. The third-order valence-electron chi connectivity index (χ3n) is 5.21. The van der Waals surface area contributed by atoms with Crippen molar-refractivity contribution in [1.29, 1.82) is 0 Å². The Balaban J connectivity index is 1.66. The second-order valence-corrected chi connectivity index (χ2v) is 6.60. The number of imide groups is 1. The Morgan fingerprint density at radius 1 is 1.16 bits per heavy atom. The highest BCUT2D eigenvalue weighted by Crippen LogP contribution is 2.36. The molecule has 2 fully saturated rings. The number of carbonyl (C=O) groups is 4. The van der Waals surface area contributed by atoms with Crippen molar-refractivity contribution in [3.8, 4) is 0 Å². The molecule has 25 heavy (non-hydrogen) atoms. The number of rotatable bonds is 4. The fraction of sp³-hybridized carbons (Fsp3) is 0.444. The van der Waals surface area contributed by atoms with Gasteiger partial charge < -0.3 is 10.2 Å². The van der Waals surface area contributed by atoms with E-state index in [-0.39, 0.29) is 18.1 Å². The first-order chi connectivity index (χ1) is 11.9. The molecule has 3 rings (SSSR count). The Bertz CT molecular complexity index is 708. The number of piperidine rings is 1. The van der Waals surface area contributed by atoms with Crippen LogP contribution in [0.5, 0.6) is 0 Å². The van der Waals surface area contributed by atoms with Gasteiger partial charge in [0.15, 0.2) is 0 Å². The highest BCUT2D eigenvalue weighted by Gasteiger charge is 2.42. The Labute approximate surface area is 145 Å². The van der Waals surface area contributed by atoms with Gasteiger partial charge in [-0.3, -0.25) is 19.7 Å². The summed E-state index contributed by atoms with van der Waals surface area (Å²) in [5, 5.41) is 4.55. The fourth-order valence-corrected chi connectivity index (χ4v) is 3.65. The number of hydrogen-bond donors (Lipinski definition) is 2. The standard InChI is InChI=1S/C18H21N3O4/c1-12(22)18(13-5-3-2-4-6-13)7-9-21(10-8-18)15(23)11-14-16(24)20-17(25)19-14/h2-6,14H,7-11H2,1H3,(H2,19,20,24,25). The highest BCUT2D eigenvalue weighted by atomic mass is 16.2. The second kappa shape index (κ2) is 6.66. The molecule has 2 aliphatic heterocycles. The molecule has 2 aliphatic rings. The van der Waals surface area contributed by atoms with E-state index >= 15 is 0 Å². The predicted octanol–water partition coefficient (Wildman–Crippen LogP) is 0.734. The number of likely N-dealkylation sites (tertiary alicyclic amines) is 1. The summed E-state index contributed by atoms with van der Waals surface area (Å²) >= 11 is 0. The van der Waals surface area contributed by atoms with Gasteiger partial charge in [0.1, 0.15) is 11.8 Å². The lowest BCUT2D eigenvalue weighted by Crippen LogP contribution is -2.49. The van der Waals surface area contributed by atoms with Crippen molar-refractivity contribution in [3.63, 3.8) is 0 Å². The Morgan fingerprint density at radius 3 is 2.32 bits per heavy atom. The molecule has 0 spiro atoms. The minimum Gasteiger partial charge on any atom is -0.343 e. The molecule has 1 unspecified atom stereocenters. The molecule has 2 heterocycles. The molecule has 0 aliphatic carbocycles. The second-order valence-electron chi connectivity index (χ2n) is 6.60. The lowest BCUT2D eigenvalue weighted by Gasteiger charge is -2.40. The van der Waals surface area contributed by atoms with Crippen LogP contribution in [0.15, 0.2) is 30.3 Å². The van der Waals surface area contributed by atoms with Crippen molar-refractivity contribution >= 4 is 23.6 Å². The summed E-state index contributed by atoms with van der Waals surface area (Å²) in [6.07, 6.45) is 1.05. The van der Waals surface area contributed by atoms with E-state index in [9.17, 15) is 19.2 Å². The zero-order valence-electron chi connectivity index (χ0n) is 14.1. The molecule has 1 aromatic rings. The number of nitrogens with one attached hydrogen (secondary N) is 2. The van der Waals surface area contributed by atoms with E-state index in [0.717, 1.165) is 5.56 Å². The van der Waals surface area contributed by atoms with Crippen LogP contribution in [-0.2, 0) is 19.8 Å². The van der Waals surface area contributed by atoms with Crippen LogP contribution in [0.3, 0.4) is 0 Å². The molecule has 2 saturated heterocycles. The number of Topliss-reactive ketones (excluding diaryl/α,β-unsaturated/α-hetero) is 1. The topological polar surface area (TPSA) is 95.6 Å². The van der Waals surface area contributed by atoms with Gasteiger partial charge >= 0.3 is 6.03 Å². The monoisotopic (exact) mass is 343 g/mol. The third-order valence-corrected chi connectivity index (χ3v) is 5.21. The molecule has 1 aromatic carbocycles. The third kappa shape index (κ3) is 3.26. The van der Waals surface area contributed by atoms with Crippen LogP contribution in [-0.4, -0.2) is 47.7 Å². The largest absolute Gasteiger partial charge is 0.343 e. The average molecular weight is 343 g/mol. The first kappa shape index (κ1) is 17.1. The molecule has 1 atom stereocenters. The molecule has 0 saturated carbocycles. The average Bonchev–Trinajstić information content (AvgIpc) is 2.92. The molecule has 2 N–H and O–H groups in total. The summed E-state index contributed by atoms with van der Waals surface area (Å²) in [5.74, 6) is -0.557. The van der Waals surface area contributed by atoms with Crippen molar-refractivity contribution in [2.45, 2.75) is 37.6 Å². The predicted molar refractivity (Wildman–Crippen MR) is 89.7 cm³/mol. The van der Waals surface area contributed by atoms with Crippen LogP contribution in [0.2, 0.25) is 0 Å². The Morgan fingerprint density at radius 2 is 1.80 bits per heavy atom. The fourth-order valence-electron chi connectivity index (χ4n) is 3.65. The molecule has 0 radical (unpaired) electrons. The number of ketones is 1. The quantitative estimate of drug-likeness (QED) is 0.788. The van der Waals surface area contributed by atoms with Crippen molar-refractivity contribution in [1.82, 2.24) is 15.5 Å². The van der Waals surface area contributed by atoms with Crippen molar-refractivity contribution in [2.75, 3.05) is 13.1 Å². The zero-order chi connectivity index (χ0) is 18.0. The number of nitrogens with zero attached hydrogens (tertiary/aromatic N) is 1. The first-order valence-corrected chi connectivity index (χ1v) is 8.38. The van der Waals surface area contributed by atoms with Crippen molar-refractivity contribution < 1.29 is 19.2 Å².